The molecule has 3 rings (SSSR count). The normalized spacial score (nSPS) is 10.6. The second kappa shape index (κ2) is 9.90. The molecule has 3 aromatic rings. The zero-order valence-corrected chi connectivity index (χ0v) is 16.0. The molecule has 0 unspecified atom stereocenters. The van der Waals surface area contributed by atoms with Crippen LogP contribution in [0.3, 0.4) is 0 Å². The quantitative estimate of drug-likeness (QED) is 0.607. The number of hydrogen-bond acceptors (Lipinski definition) is 2. The summed E-state index contributed by atoms with van der Waals surface area (Å²) >= 11 is 0. The summed E-state index contributed by atoms with van der Waals surface area (Å²) in [4.78, 5) is 0. The van der Waals surface area contributed by atoms with Gasteiger partial charge < -0.3 is 15.2 Å². The first-order valence-corrected chi connectivity index (χ1v) is 8.20. The van der Waals surface area contributed by atoms with Crippen molar-refractivity contribution in [2.45, 2.75) is 26.4 Å². The number of fused-ring (bicyclic) bond motifs is 3. The second-order valence-corrected chi connectivity index (χ2v) is 5.75. The average Bonchev–Trinajstić information content (AvgIpc) is 2.88. The van der Waals surface area contributed by atoms with Crippen molar-refractivity contribution in [3.8, 4) is 0 Å². The average molecular weight is 368 g/mol. The van der Waals surface area contributed by atoms with Crippen LogP contribution in [0, 0.1) is 0 Å². The van der Waals surface area contributed by atoms with Gasteiger partial charge in [0.25, 0.3) is 0 Å². The summed E-state index contributed by atoms with van der Waals surface area (Å²) in [5.41, 5.74) is 4.03. The smallest absolute Gasteiger partial charge is 0.0491 e. The van der Waals surface area contributed by atoms with Crippen LogP contribution in [0.1, 0.15) is 18.9 Å². The fourth-order valence-electron chi connectivity index (χ4n) is 3.17. The highest BCUT2D eigenvalue weighted by Gasteiger charge is 2.09. The molecular weight excluding hydrogens is 341 g/mol. The summed E-state index contributed by atoms with van der Waals surface area (Å²) in [5, 5.41) is 9.43. The number of aromatic nitrogens is 1. The van der Waals surface area contributed by atoms with Crippen molar-refractivity contribution in [1.29, 1.82) is 0 Å². The van der Waals surface area contributed by atoms with Crippen LogP contribution in [0.15, 0.2) is 42.5 Å². The van der Waals surface area contributed by atoms with E-state index in [-0.39, 0.29) is 24.8 Å². The molecular formula is C19H27Cl2N3. The Morgan fingerprint density at radius 3 is 2.42 bits per heavy atom. The van der Waals surface area contributed by atoms with Crippen LogP contribution in [0.5, 0.6) is 0 Å². The molecule has 0 spiro atoms. The number of nitrogens with one attached hydrogen (secondary N) is 2. The zero-order chi connectivity index (χ0) is 15.4. The van der Waals surface area contributed by atoms with Gasteiger partial charge in [-0.2, -0.15) is 0 Å². The lowest BCUT2D eigenvalue weighted by atomic mass is 10.1. The molecule has 5 heteroatoms. The Kier molecular flexibility index (Phi) is 8.57. The summed E-state index contributed by atoms with van der Waals surface area (Å²) < 4.78 is 2.40. The molecule has 1 aromatic heterocycles. The minimum absolute atomic E-state index is 0. The highest BCUT2D eigenvalue weighted by Crippen LogP contribution is 2.29. The van der Waals surface area contributed by atoms with Gasteiger partial charge in [-0.15, -0.1) is 24.8 Å². The van der Waals surface area contributed by atoms with E-state index in [1.165, 1.54) is 27.4 Å². The SMILES string of the molecule is CCn1c2ccccc2c2cc(CNCCCNC)ccc21.Cl.Cl. The van der Waals surface area contributed by atoms with Crippen LogP contribution in [-0.4, -0.2) is 24.7 Å². The lowest BCUT2D eigenvalue weighted by Crippen LogP contribution is -2.19. The molecule has 2 aromatic carbocycles. The maximum atomic E-state index is 3.52. The van der Waals surface area contributed by atoms with Crippen LogP contribution in [0.25, 0.3) is 21.8 Å². The van der Waals surface area contributed by atoms with E-state index in [1.54, 1.807) is 0 Å². The number of para-hydroxylation sites is 1. The van der Waals surface area contributed by atoms with Crippen LogP contribution < -0.4 is 10.6 Å². The van der Waals surface area contributed by atoms with Gasteiger partial charge in [0.2, 0.25) is 0 Å². The largest absolute Gasteiger partial charge is 0.341 e. The molecule has 0 bridgehead atoms. The Morgan fingerprint density at radius 2 is 1.67 bits per heavy atom. The lowest BCUT2D eigenvalue weighted by molar-refractivity contribution is 0.625. The number of nitrogens with zero attached hydrogens (tertiary/aromatic N) is 1. The van der Waals surface area contributed by atoms with Gasteiger partial charge in [-0.25, -0.2) is 0 Å². The fourth-order valence-corrected chi connectivity index (χ4v) is 3.17. The Bertz CT molecular complexity index is 768. The standard InChI is InChI=1S/C19H25N3.2ClH/c1-3-22-18-8-5-4-7-16(18)17-13-15(9-10-19(17)22)14-21-12-6-11-20-2;;/h4-5,7-10,13,20-21H,3,6,11-12,14H2,1-2H3;2*1H. The minimum atomic E-state index is 0. The predicted octanol–water partition coefficient (Wildman–Crippen LogP) is 4.36. The van der Waals surface area contributed by atoms with Gasteiger partial charge in [0.05, 0.1) is 0 Å². The van der Waals surface area contributed by atoms with Crippen molar-refractivity contribution in [1.82, 2.24) is 15.2 Å². The van der Waals surface area contributed by atoms with E-state index in [0.717, 1.165) is 32.6 Å². The Labute approximate surface area is 156 Å². The summed E-state index contributed by atoms with van der Waals surface area (Å²) in [6.07, 6.45) is 1.16. The Morgan fingerprint density at radius 1 is 0.917 bits per heavy atom. The molecule has 2 N–H and O–H groups in total. The molecule has 0 saturated carbocycles. The van der Waals surface area contributed by atoms with E-state index in [2.05, 4.69) is 64.6 Å². The van der Waals surface area contributed by atoms with E-state index in [0.29, 0.717) is 0 Å². The Hall–Kier alpha value is -1.26. The molecule has 0 atom stereocenters. The summed E-state index contributed by atoms with van der Waals surface area (Å²) in [7, 11) is 2.00. The van der Waals surface area contributed by atoms with Crippen LogP contribution in [-0.2, 0) is 13.1 Å². The van der Waals surface area contributed by atoms with Gasteiger partial charge in [0.1, 0.15) is 0 Å². The van der Waals surface area contributed by atoms with E-state index < -0.39 is 0 Å². The minimum Gasteiger partial charge on any atom is -0.341 e. The first-order chi connectivity index (χ1) is 10.8. The van der Waals surface area contributed by atoms with E-state index in [4.69, 9.17) is 0 Å². The van der Waals surface area contributed by atoms with Gasteiger partial charge in [-0.3, -0.25) is 0 Å². The number of rotatable bonds is 7. The molecule has 24 heavy (non-hydrogen) atoms. The molecule has 0 amide bonds. The van der Waals surface area contributed by atoms with Gasteiger partial charge in [0.15, 0.2) is 0 Å². The van der Waals surface area contributed by atoms with Gasteiger partial charge in [-0.1, -0.05) is 24.3 Å². The molecule has 0 aliphatic heterocycles. The monoisotopic (exact) mass is 367 g/mol. The molecule has 1 heterocycles. The second-order valence-electron chi connectivity index (χ2n) is 5.75. The molecule has 0 aliphatic rings. The van der Waals surface area contributed by atoms with E-state index >= 15 is 0 Å². The molecule has 132 valence electrons. The highest BCUT2D eigenvalue weighted by molar-refractivity contribution is 6.08. The highest BCUT2D eigenvalue weighted by atomic mass is 35.5. The van der Waals surface area contributed by atoms with Crippen molar-refractivity contribution in [3.05, 3.63) is 48.0 Å². The van der Waals surface area contributed by atoms with E-state index in [9.17, 15) is 0 Å². The van der Waals surface area contributed by atoms with Crippen molar-refractivity contribution < 1.29 is 0 Å². The van der Waals surface area contributed by atoms with E-state index in [1.807, 2.05) is 7.05 Å². The first-order valence-electron chi connectivity index (χ1n) is 8.20. The van der Waals surface area contributed by atoms with Crippen LogP contribution in [0.4, 0.5) is 0 Å². The van der Waals surface area contributed by atoms with Crippen LogP contribution in [0.2, 0.25) is 0 Å². The summed E-state index contributed by atoms with van der Waals surface area (Å²) in [6.45, 7) is 6.27. The summed E-state index contributed by atoms with van der Waals surface area (Å²) in [5.74, 6) is 0. The maximum absolute atomic E-state index is 3.52. The number of aryl methyl sites for hydroxylation is 1. The van der Waals surface area contributed by atoms with Crippen molar-refractivity contribution in [2.24, 2.45) is 0 Å². The van der Waals surface area contributed by atoms with Crippen molar-refractivity contribution in [2.75, 3.05) is 20.1 Å². The zero-order valence-electron chi connectivity index (χ0n) is 14.3. The Balaban J connectivity index is 0.00000144. The van der Waals surface area contributed by atoms with Crippen molar-refractivity contribution >= 4 is 46.6 Å². The van der Waals surface area contributed by atoms with Crippen LogP contribution >= 0.6 is 24.8 Å². The predicted molar refractivity (Wildman–Crippen MR) is 110 cm³/mol. The topological polar surface area (TPSA) is 29.0 Å². The molecule has 3 nitrogen and oxygen atoms in total. The number of halogens is 2. The van der Waals surface area contributed by atoms with Gasteiger partial charge >= 0.3 is 0 Å². The third-order valence-electron chi connectivity index (χ3n) is 4.26. The van der Waals surface area contributed by atoms with Crippen molar-refractivity contribution in [3.63, 3.8) is 0 Å². The lowest BCUT2D eigenvalue weighted by Gasteiger charge is -2.06. The van der Waals surface area contributed by atoms with Gasteiger partial charge in [0, 0.05) is 34.9 Å². The maximum Gasteiger partial charge on any atom is 0.0491 e. The summed E-state index contributed by atoms with van der Waals surface area (Å²) in [6, 6.07) is 15.6. The fraction of sp³-hybridized carbons (Fsp3) is 0.368. The third kappa shape index (κ3) is 4.22. The third-order valence-corrected chi connectivity index (χ3v) is 4.26. The first kappa shape index (κ1) is 20.8. The molecule has 0 radical (unpaired) electrons. The molecule has 0 fully saturated rings. The number of benzene rings is 2. The van der Waals surface area contributed by atoms with Gasteiger partial charge in [-0.05, 0) is 57.2 Å². The molecule has 0 aliphatic carbocycles. The number of hydrogen-bond donors (Lipinski definition) is 2. The molecule has 0 saturated heterocycles.